The molecule has 0 saturated heterocycles. The zero-order valence-corrected chi connectivity index (χ0v) is 13.8. The summed E-state index contributed by atoms with van der Waals surface area (Å²) < 4.78 is 5.48. The molecule has 5 nitrogen and oxygen atoms in total. The van der Waals surface area contributed by atoms with Crippen molar-refractivity contribution < 1.29 is 9.66 Å². The molecule has 3 aliphatic rings. The Balaban J connectivity index is 1.78. The molecule has 0 bridgehead atoms. The van der Waals surface area contributed by atoms with Gasteiger partial charge in [-0.15, -0.1) is 0 Å². The largest absolute Gasteiger partial charge is 0.494 e. The Morgan fingerprint density at radius 2 is 2.12 bits per heavy atom. The molecule has 4 atom stereocenters. The fourth-order valence-corrected chi connectivity index (χ4v) is 4.57. The van der Waals surface area contributed by atoms with E-state index >= 15 is 0 Å². The van der Waals surface area contributed by atoms with Gasteiger partial charge in [0.15, 0.2) is 0 Å². The van der Waals surface area contributed by atoms with Gasteiger partial charge in [0.05, 0.1) is 23.8 Å². The van der Waals surface area contributed by atoms with Gasteiger partial charge in [-0.3, -0.25) is 10.1 Å². The van der Waals surface area contributed by atoms with Crippen molar-refractivity contribution in [2.45, 2.75) is 37.6 Å². The van der Waals surface area contributed by atoms with Crippen LogP contribution in [0.15, 0.2) is 36.4 Å². The molecule has 0 aromatic heterocycles. The lowest BCUT2D eigenvalue weighted by atomic mass is 9.72. The van der Waals surface area contributed by atoms with Crippen molar-refractivity contribution in [3.8, 4) is 5.75 Å². The zero-order chi connectivity index (χ0) is 16.7. The minimum absolute atomic E-state index is 0.102. The molecular formula is C19H22N2O3. The summed E-state index contributed by atoms with van der Waals surface area (Å²) in [5.41, 5.74) is 2.04. The average Bonchev–Trinajstić information content (AvgIpc) is 3.10. The van der Waals surface area contributed by atoms with E-state index in [1.54, 1.807) is 13.2 Å². The molecule has 24 heavy (non-hydrogen) atoms. The molecule has 0 radical (unpaired) electrons. The molecule has 5 heteroatoms. The minimum atomic E-state index is -0.339. The van der Waals surface area contributed by atoms with E-state index in [1.807, 2.05) is 0 Å². The number of anilines is 1. The number of nitrogens with one attached hydrogen (secondary N) is 1. The normalized spacial score (nSPS) is 30.4. The molecule has 1 N–H and O–H groups in total. The molecule has 0 saturated carbocycles. The lowest BCUT2D eigenvalue weighted by molar-refractivity contribution is -0.385. The summed E-state index contributed by atoms with van der Waals surface area (Å²) in [5, 5.41) is 15.0. The van der Waals surface area contributed by atoms with Crippen LogP contribution in [0.1, 0.15) is 37.2 Å². The van der Waals surface area contributed by atoms with Gasteiger partial charge in [-0.1, -0.05) is 24.3 Å². The third kappa shape index (κ3) is 2.39. The molecule has 126 valence electrons. The maximum Gasteiger partial charge on any atom is 0.273 e. The van der Waals surface area contributed by atoms with Crippen molar-refractivity contribution in [1.82, 2.24) is 0 Å². The second kappa shape index (κ2) is 5.96. The van der Waals surface area contributed by atoms with Gasteiger partial charge < -0.3 is 10.1 Å². The number of non-ortho nitro benzene ring substituents is 1. The molecule has 0 amide bonds. The molecule has 3 unspecified atom stereocenters. The Kier molecular flexibility index (Phi) is 3.79. The first-order valence-corrected chi connectivity index (χ1v) is 8.63. The number of ether oxygens (including phenoxy) is 1. The SMILES string of the molecule is COc1cc([N+](=O)[O-])cc2c1N[C@H](C1CC=CCC1)C1CC=CC21. The van der Waals surface area contributed by atoms with Crippen LogP contribution >= 0.6 is 0 Å². The molecule has 0 fully saturated rings. The molecular weight excluding hydrogens is 304 g/mol. The third-order valence-corrected chi connectivity index (χ3v) is 5.71. The first kappa shape index (κ1) is 15.2. The van der Waals surface area contributed by atoms with E-state index in [1.165, 1.54) is 12.5 Å². The van der Waals surface area contributed by atoms with Crippen LogP contribution < -0.4 is 10.1 Å². The maximum absolute atomic E-state index is 11.3. The van der Waals surface area contributed by atoms with Crippen molar-refractivity contribution in [2.75, 3.05) is 12.4 Å². The summed E-state index contributed by atoms with van der Waals surface area (Å²) in [5.74, 6) is 1.90. The Morgan fingerprint density at radius 1 is 1.25 bits per heavy atom. The Labute approximate surface area is 141 Å². The summed E-state index contributed by atoms with van der Waals surface area (Å²) in [6.45, 7) is 0. The van der Waals surface area contributed by atoms with Crippen LogP contribution in [-0.2, 0) is 0 Å². The maximum atomic E-state index is 11.3. The summed E-state index contributed by atoms with van der Waals surface area (Å²) in [6, 6.07) is 3.63. The molecule has 1 aromatic rings. The van der Waals surface area contributed by atoms with Gasteiger partial charge in [-0.2, -0.15) is 0 Å². The summed E-state index contributed by atoms with van der Waals surface area (Å²) >= 11 is 0. The van der Waals surface area contributed by atoms with E-state index in [0.29, 0.717) is 23.6 Å². The molecule has 1 aliphatic heterocycles. The smallest absolute Gasteiger partial charge is 0.273 e. The van der Waals surface area contributed by atoms with Gasteiger partial charge in [-0.25, -0.2) is 0 Å². The highest BCUT2D eigenvalue weighted by molar-refractivity contribution is 5.70. The number of fused-ring (bicyclic) bond motifs is 3. The van der Waals surface area contributed by atoms with Crippen LogP contribution in [0.5, 0.6) is 5.75 Å². The van der Waals surface area contributed by atoms with Gasteiger partial charge in [0.25, 0.3) is 5.69 Å². The van der Waals surface area contributed by atoms with Gasteiger partial charge in [0.2, 0.25) is 0 Å². The first-order valence-electron chi connectivity index (χ1n) is 8.63. The van der Waals surface area contributed by atoms with E-state index in [4.69, 9.17) is 4.74 Å². The van der Waals surface area contributed by atoms with Crippen molar-refractivity contribution in [3.63, 3.8) is 0 Å². The first-order chi connectivity index (χ1) is 11.7. The summed E-state index contributed by atoms with van der Waals surface area (Å²) in [6.07, 6.45) is 13.5. The fourth-order valence-electron chi connectivity index (χ4n) is 4.57. The lowest BCUT2D eigenvalue weighted by Crippen LogP contribution is -2.42. The number of allylic oxidation sites excluding steroid dienone is 4. The van der Waals surface area contributed by atoms with Crippen molar-refractivity contribution >= 4 is 11.4 Å². The van der Waals surface area contributed by atoms with Crippen LogP contribution in [0.25, 0.3) is 0 Å². The monoisotopic (exact) mass is 326 g/mol. The van der Waals surface area contributed by atoms with E-state index in [0.717, 1.165) is 30.5 Å². The van der Waals surface area contributed by atoms with Crippen LogP contribution in [0.4, 0.5) is 11.4 Å². The van der Waals surface area contributed by atoms with Gasteiger partial charge >= 0.3 is 0 Å². The van der Waals surface area contributed by atoms with Crippen molar-refractivity contribution in [3.05, 3.63) is 52.1 Å². The molecule has 2 aliphatic carbocycles. The number of rotatable bonds is 3. The molecule has 0 spiro atoms. The van der Waals surface area contributed by atoms with Crippen LogP contribution in [-0.4, -0.2) is 18.1 Å². The van der Waals surface area contributed by atoms with Crippen LogP contribution in [0.2, 0.25) is 0 Å². The van der Waals surface area contributed by atoms with Gasteiger partial charge in [-0.05, 0) is 43.1 Å². The molecule has 1 aromatic carbocycles. The lowest BCUT2D eigenvalue weighted by Gasteiger charge is -2.42. The predicted octanol–water partition coefficient (Wildman–Crippen LogP) is 4.41. The second-order valence-electron chi connectivity index (χ2n) is 6.94. The standard InChI is InChI=1S/C19H22N2O3/c1-24-17-11-13(21(22)23)10-16-14-8-5-9-15(14)18(20-19(16)17)12-6-3-2-4-7-12/h2-3,5,8,10-12,14-15,18,20H,4,6-7,9H2,1H3/t12?,14?,15?,18-/m1/s1. The predicted molar refractivity (Wildman–Crippen MR) is 93.5 cm³/mol. The summed E-state index contributed by atoms with van der Waals surface area (Å²) in [7, 11) is 1.58. The second-order valence-corrected chi connectivity index (χ2v) is 6.94. The van der Waals surface area contributed by atoms with E-state index < -0.39 is 0 Å². The quantitative estimate of drug-likeness (QED) is 0.507. The van der Waals surface area contributed by atoms with Gasteiger partial charge in [0, 0.05) is 18.0 Å². The third-order valence-electron chi connectivity index (χ3n) is 5.71. The zero-order valence-electron chi connectivity index (χ0n) is 13.8. The van der Waals surface area contributed by atoms with Crippen molar-refractivity contribution in [1.29, 1.82) is 0 Å². The molecule has 1 heterocycles. The fraction of sp³-hybridized carbons (Fsp3) is 0.474. The Hall–Kier alpha value is -2.30. The molecule has 4 rings (SSSR count). The van der Waals surface area contributed by atoms with E-state index in [-0.39, 0.29) is 16.5 Å². The number of methoxy groups -OCH3 is 1. The highest BCUT2D eigenvalue weighted by Crippen LogP contribution is 2.51. The average molecular weight is 326 g/mol. The van der Waals surface area contributed by atoms with Gasteiger partial charge in [0.1, 0.15) is 5.75 Å². The van der Waals surface area contributed by atoms with Crippen LogP contribution in [0, 0.1) is 22.0 Å². The number of benzene rings is 1. The van der Waals surface area contributed by atoms with Crippen molar-refractivity contribution in [2.24, 2.45) is 11.8 Å². The minimum Gasteiger partial charge on any atom is -0.494 e. The number of nitro benzene ring substituents is 1. The Morgan fingerprint density at radius 3 is 2.83 bits per heavy atom. The highest BCUT2D eigenvalue weighted by atomic mass is 16.6. The highest BCUT2D eigenvalue weighted by Gasteiger charge is 2.42. The number of nitrogens with zero attached hydrogens (tertiary/aromatic N) is 1. The van der Waals surface area contributed by atoms with Crippen LogP contribution in [0.3, 0.4) is 0 Å². The Bertz CT molecular complexity index is 726. The topological polar surface area (TPSA) is 64.4 Å². The number of nitro groups is 1. The summed E-state index contributed by atoms with van der Waals surface area (Å²) in [4.78, 5) is 10.9. The number of hydrogen-bond donors (Lipinski definition) is 1. The van der Waals surface area contributed by atoms with E-state index in [9.17, 15) is 10.1 Å². The number of hydrogen-bond acceptors (Lipinski definition) is 4. The van der Waals surface area contributed by atoms with E-state index in [2.05, 4.69) is 29.6 Å².